The van der Waals surface area contributed by atoms with Gasteiger partial charge in [0.05, 0.1) is 11.1 Å². The highest BCUT2D eigenvalue weighted by Gasteiger charge is 2.34. The lowest BCUT2D eigenvalue weighted by atomic mass is 10.1. The van der Waals surface area contributed by atoms with Gasteiger partial charge in [-0.3, -0.25) is 4.79 Å². The van der Waals surface area contributed by atoms with E-state index in [-0.39, 0.29) is 16.4 Å². The Bertz CT molecular complexity index is 907. The number of anilines is 2. The maximum atomic E-state index is 13.1. The number of amides is 1. The van der Waals surface area contributed by atoms with Gasteiger partial charge in [-0.1, -0.05) is 30.3 Å². The molecule has 3 rings (SSSR count). The highest BCUT2D eigenvalue weighted by Crippen LogP contribution is 2.39. The Morgan fingerprint density at radius 1 is 1.12 bits per heavy atom. The Kier molecular flexibility index (Phi) is 4.45. The highest BCUT2D eigenvalue weighted by molar-refractivity contribution is 7.19. The normalized spacial score (nSPS) is 11.3. The van der Waals surface area contributed by atoms with E-state index < -0.39 is 17.6 Å². The van der Waals surface area contributed by atoms with E-state index in [1.165, 1.54) is 12.3 Å². The third-order valence-electron chi connectivity index (χ3n) is 3.40. The number of hydrogen-bond acceptors (Lipinski definition) is 4. The van der Waals surface area contributed by atoms with Crippen molar-refractivity contribution in [2.24, 2.45) is 5.73 Å². The Morgan fingerprint density at radius 3 is 2.48 bits per heavy atom. The van der Waals surface area contributed by atoms with Gasteiger partial charge in [-0.25, -0.2) is 4.98 Å². The fourth-order valence-electron chi connectivity index (χ4n) is 2.25. The number of halogens is 3. The number of benzene rings is 1. The number of alkyl halides is 3. The first-order valence-electron chi connectivity index (χ1n) is 7.14. The number of pyridine rings is 1. The molecule has 0 radical (unpaired) electrons. The number of hydrogen-bond donors (Lipinski definition) is 2. The summed E-state index contributed by atoms with van der Waals surface area (Å²) in [6, 6.07) is 12.8. The number of aromatic nitrogens is 1. The quantitative estimate of drug-likeness (QED) is 0.708. The van der Waals surface area contributed by atoms with Gasteiger partial charge in [-0.15, -0.1) is 11.3 Å². The van der Waals surface area contributed by atoms with Crippen LogP contribution in [0.4, 0.5) is 24.0 Å². The van der Waals surface area contributed by atoms with Crippen LogP contribution in [0.5, 0.6) is 0 Å². The highest BCUT2D eigenvalue weighted by atomic mass is 32.1. The minimum Gasteiger partial charge on any atom is -0.366 e. The Hall–Kier alpha value is -2.87. The fourth-order valence-corrected chi connectivity index (χ4v) is 3.32. The van der Waals surface area contributed by atoms with Crippen LogP contribution in [-0.2, 0) is 6.18 Å². The summed E-state index contributed by atoms with van der Waals surface area (Å²) in [5.74, 6) is -1.11. The van der Waals surface area contributed by atoms with E-state index in [2.05, 4.69) is 10.3 Å². The molecular formula is C17H12F3N3OS. The largest absolute Gasteiger partial charge is 0.419 e. The summed E-state index contributed by atoms with van der Waals surface area (Å²) in [5.41, 5.74) is 5.40. The average Bonchev–Trinajstić information content (AvgIpc) is 2.99. The number of carbonyl (C=O) groups excluding carboxylic acids is 1. The van der Waals surface area contributed by atoms with E-state index in [1.807, 2.05) is 30.3 Å². The summed E-state index contributed by atoms with van der Waals surface area (Å²) < 4.78 is 39.3. The number of primary amides is 1. The van der Waals surface area contributed by atoms with Crippen LogP contribution in [0, 0.1) is 0 Å². The maximum absolute atomic E-state index is 13.1. The molecule has 0 bridgehead atoms. The molecule has 0 unspecified atom stereocenters. The third kappa shape index (κ3) is 3.63. The summed E-state index contributed by atoms with van der Waals surface area (Å²) in [7, 11) is 0. The minimum atomic E-state index is -4.57. The fraction of sp³-hybridized carbons (Fsp3) is 0.0588. The summed E-state index contributed by atoms with van der Waals surface area (Å²) in [6.07, 6.45) is -3.32. The van der Waals surface area contributed by atoms with Gasteiger partial charge in [0.15, 0.2) is 0 Å². The van der Waals surface area contributed by atoms with Crippen molar-refractivity contribution in [2.45, 2.75) is 6.18 Å². The first kappa shape index (κ1) is 17.0. The molecule has 0 aliphatic rings. The van der Waals surface area contributed by atoms with Gasteiger partial charge in [0.25, 0.3) is 5.91 Å². The molecule has 1 amide bonds. The van der Waals surface area contributed by atoms with Crippen molar-refractivity contribution < 1.29 is 18.0 Å². The van der Waals surface area contributed by atoms with Gasteiger partial charge >= 0.3 is 6.18 Å². The first-order chi connectivity index (χ1) is 11.9. The second-order valence-electron chi connectivity index (χ2n) is 5.11. The second kappa shape index (κ2) is 6.56. The lowest BCUT2D eigenvalue weighted by Gasteiger charge is -2.12. The van der Waals surface area contributed by atoms with Gasteiger partial charge in [-0.2, -0.15) is 13.2 Å². The van der Waals surface area contributed by atoms with Crippen molar-refractivity contribution in [3.63, 3.8) is 0 Å². The lowest BCUT2D eigenvalue weighted by Crippen LogP contribution is -2.13. The van der Waals surface area contributed by atoms with E-state index in [0.29, 0.717) is 4.88 Å². The number of rotatable bonds is 4. The number of nitrogens with two attached hydrogens (primary N) is 1. The second-order valence-corrected chi connectivity index (χ2v) is 6.16. The topological polar surface area (TPSA) is 68.0 Å². The summed E-state index contributed by atoms with van der Waals surface area (Å²) >= 11 is 1.14. The van der Waals surface area contributed by atoms with Gasteiger partial charge in [0.2, 0.25) is 0 Å². The van der Waals surface area contributed by atoms with Crippen molar-refractivity contribution in [1.82, 2.24) is 4.98 Å². The Labute approximate surface area is 145 Å². The van der Waals surface area contributed by atoms with Gasteiger partial charge < -0.3 is 11.1 Å². The predicted octanol–water partition coefficient (Wildman–Crippen LogP) is 4.67. The van der Waals surface area contributed by atoms with E-state index in [4.69, 9.17) is 5.73 Å². The SMILES string of the molecule is NC(=O)c1cc(-c2ccccc2)sc1Nc1ncccc1C(F)(F)F. The molecule has 2 heterocycles. The molecule has 1 aromatic carbocycles. The van der Waals surface area contributed by atoms with Gasteiger partial charge in [0.1, 0.15) is 10.8 Å². The van der Waals surface area contributed by atoms with Crippen LogP contribution in [0.25, 0.3) is 10.4 Å². The number of carbonyl (C=O) groups is 1. The smallest absolute Gasteiger partial charge is 0.366 e. The van der Waals surface area contributed by atoms with Crippen molar-refractivity contribution >= 4 is 28.1 Å². The van der Waals surface area contributed by atoms with Crippen molar-refractivity contribution in [2.75, 3.05) is 5.32 Å². The van der Waals surface area contributed by atoms with Crippen LogP contribution < -0.4 is 11.1 Å². The lowest BCUT2D eigenvalue weighted by molar-refractivity contribution is -0.137. The van der Waals surface area contributed by atoms with Crippen LogP contribution >= 0.6 is 11.3 Å². The van der Waals surface area contributed by atoms with Gasteiger partial charge in [0, 0.05) is 11.1 Å². The van der Waals surface area contributed by atoms with Crippen molar-refractivity contribution in [1.29, 1.82) is 0 Å². The predicted molar refractivity (Wildman–Crippen MR) is 90.8 cm³/mol. The van der Waals surface area contributed by atoms with Crippen LogP contribution in [-0.4, -0.2) is 10.9 Å². The zero-order chi connectivity index (χ0) is 18.0. The summed E-state index contributed by atoms with van der Waals surface area (Å²) in [5, 5.41) is 2.82. The molecular weight excluding hydrogens is 351 g/mol. The molecule has 0 aliphatic carbocycles. The minimum absolute atomic E-state index is 0.114. The monoisotopic (exact) mass is 363 g/mol. The Morgan fingerprint density at radius 2 is 1.84 bits per heavy atom. The third-order valence-corrected chi connectivity index (χ3v) is 4.50. The molecule has 0 atom stereocenters. The van der Waals surface area contributed by atoms with E-state index >= 15 is 0 Å². The molecule has 2 aromatic heterocycles. The van der Waals surface area contributed by atoms with E-state index in [0.717, 1.165) is 23.0 Å². The standard InChI is InChI=1S/C17H12F3N3OS/c18-17(19,20)12-7-4-8-22-15(12)23-16-11(14(21)24)9-13(25-16)10-5-2-1-3-6-10/h1-9H,(H2,21,24)(H,22,23). The molecule has 0 saturated heterocycles. The molecule has 128 valence electrons. The van der Waals surface area contributed by atoms with E-state index in [9.17, 15) is 18.0 Å². The van der Waals surface area contributed by atoms with Gasteiger partial charge in [-0.05, 0) is 23.8 Å². The first-order valence-corrected chi connectivity index (χ1v) is 7.96. The molecule has 0 saturated carbocycles. The summed E-state index contributed by atoms with van der Waals surface area (Å²) in [4.78, 5) is 16.1. The number of nitrogens with zero attached hydrogens (tertiary/aromatic N) is 1. The van der Waals surface area contributed by atoms with Crippen molar-refractivity contribution in [3.8, 4) is 10.4 Å². The van der Waals surface area contributed by atoms with Crippen molar-refractivity contribution in [3.05, 3.63) is 65.9 Å². The van der Waals surface area contributed by atoms with E-state index in [1.54, 1.807) is 6.07 Å². The molecule has 4 nitrogen and oxygen atoms in total. The molecule has 8 heteroatoms. The zero-order valence-electron chi connectivity index (χ0n) is 12.7. The maximum Gasteiger partial charge on any atom is 0.419 e. The molecule has 3 N–H and O–H groups in total. The average molecular weight is 363 g/mol. The van der Waals surface area contributed by atoms with Crippen LogP contribution in [0.3, 0.4) is 0 Å². The molecule has 0 fully saturated rings. The molecule has 25 heavy (non-hydrogen) atoms. The van der Waals surface area contributed by atoms with Crippen LogP contribution in [0.1, 0.15) is 15.9 Å². The number of thiophene rings is 1. The molecule has 3 aromatic rings. The summed E-state index contributed by atoms with van der Waals surface area (Å²) in [6.45, 7) is 0. The zero-order valence-corrected chi connectivity index (χ0v) is 13.5. The van der Waals surface area contributed by atoms with Crippen LogP contribution in [0.15, 0.2) is 54.7 Å². The number of nitrogens with one attached hydrogen (secondary N) is 1. The molecule has 0 aliphatic heterocycles. The van der Waals surface area contributed by atoms with Crippen LogP contribution in [0.2, 0.25) is 0 Å². The molecule has 0 spiro atoms. The Balaban J connectivity index is 2.04.